The van der Waals surface area contributed by atoms with Gasteiger partial charge in [0.15, 0.2) is 0 Å². The average molecular weight is 365 g/mol. The standard InChI is InChI=1S/C19H15N3O3S/c1-13-10-17(18(12-20)19(23)21-13)14-6-5-7-15(11-14)22-26(24,25)16-8-3-2-4-9-16/h2-11,22H,1H3,(H,21,23). The molecule has 0 spiro atoms. The first-order valence-electron chi connectivity index (χ1n) is 7.73. The lowest BCUT2D eigenvalue weighted by Crippen LogP contribution is -2.14. The van der Waals surface area contributed by atoms with Crippen molar-refractivity contribution in [3.05, 3.63) is 82.3 Å². The number of anilines is 1. The molecule has 0 bridgehead atoms. The molecular weight excluding hydrogens is 350 g/mol. The molecule has 1 heterocycles. The molecule has 2 N–H and O–H groups in total. The Morgan fingerprint density at radius 1 is 1.04 bits per heavy atom. The number of pyridine rings is 1. The molecule has 130 valence electrons. The fourth-order valence-electron chi connectivity index (χ4n) is 2.59. The summed E-state index contributed by atoms with van der Waals surface area (Å²) in [6.07, 6.45) is 0. The van der Waals surface area contributed by atoms with Crippen LogP contribution in [-0.2, 0) is 10.0 Å². The molecule has 0 amide bonds. The SMILES string of the molecule is Cc1cc(-c2cccc(NS(=O)(=O)c3ccccc3)c2)c(C#N)c(=O)[nH]1. The number of nitrogens with zero attached hydrogens (tertiary/aromatic N) is 1. The smallest absolute Gasteiger partial charge is 0.266 e. The first kappa shape index (κ1) is 17.5. The van der Waals surface area contributed by atoms with Gasteiger partial charge in [-0.1, -0.05) is 30.3 Å². The Balaban J connectivity index is 2.03. The van der Waals surface area contributed by atoms with Gasteiger partial charge in [0.2, 0.25) is 0 Å². The third-order valence-corrected chi connectivity index (χ3v) is 5.16. The number of aryl methyl sites for hydroxylation is 1. The molecule has 0 aliphatic heterocycles. The lowest BCUT2D eigenvalue weighted by atomic mass is 10.0. The molecule has 0 unspecified atom stereocenters. The molecule has 0 radical (unpaired) electrons. The van der Waals surface area contributed by atoms with Gasteiger partial charge in [0.1, 0.15) is 11.6 Å². The Labute approximate surface area is 150 Å². The van der Waals surface area contributed by atoms with Crippen molar-refractivity contribution in [1.29, 1.82) is 5.26 Å². The summed E-state index contributed by atoms with van der Waals surface area (Å²) in [7, 11) is -3.73. The van der Waals surface area contributed by atoms with Crippen LogP contribution < -0.4 is 10.3 Å². The Morgan fingerprint density at radius 3 is 2.46 bits per heavy atom. The van der Waals surface area contributed by atoms with Crippen molar-refractivity contribution >= 4 is 15.7 Å². The number of benzene rings is 2. The van der Waals surface area contributed by atoms with Crippen molar-refractivity contribution in [3.63, 3.8) is 0 Å². The minimum atomic E-state index is -3.73. The van der Waals surface area contributed by atoms with Gasteiger partial charge >= 0.3 is 0 Å². The maximum Gasteiger partial charge on any atom is 0.266 e. The van der Waals surface area contributed by atoms with Crippen LogP contribution in [0.2, 0.25) is 0 Å². The zero-order valence-electron chi connectivity index (χ0n) is 13.9. The average Bonchev–Trinajstić information content (AvgIpc) is 2.62. The maximum absolute atomic E-state index is 12.5. The van der Waals surface area contributed by atoms with Crippen LogP contribution in [0.15, 0.2) is 70.4 Å². The lowest BCUT2D eigenvalue weighted by Gasteiger charge is -2.10. The maximum atomic E-state index is 12.5. The Morgan fingerprint density at radius 2 is 1.77 bits per heavy atom. The summed E-state index contributed by atoms with van der Waals surface area (Å²) < 4.78 is 27.4. The molecule has 26 heavy (non-hydrogen) atoms. The third kappa shape index (κ3) is 3.50. The molecule has 1 aromatic heterocycles. The van der Waals surface area contributed by atoms with Gasteiger partial charge in [-0.3, -0.25) is 9.52 Å². The normalized spacial score (nSPS) is 10.9. The highest BCUT2D eigenvalue weighted by Crippen LogP contribution is 2.26. The predicted octanol–water partition coefficient (Wildman–Crippen LogP) is 3.02. The van der Waals surface area contributed by atoms with E-state index in [1.54, 1.807) is 55.5 Å². The number of nitrogens with one attached hydrogen (secondary N) is 2. The number of aromatic amines is 1. The van der Waals surface area contributed by atoms with E-state index in [2.05, 4.69) is 9.71 Å². The second-order valence-electron chi connectivity index (χ2n) is 5.68. The highest BCUT2D eigenvalue weighted by molar-refractivity contribution is 7.92. The van der Waals surface area contributed by atoms with E-state index < -0.39 is 15.6 Å². The van der Waals surface area contributed by atoms with Crippen molar-refractivity contribution in [2.75, 3.05) is 4.72 Å². The molecule has 0 aliphatic rings. The molecule has 0 saturated carbocycles. The van der Waals surface area contributed by atoms with Crippen molar-refractivity contribution in [2.24, 2.45) is 0 Å². The summed E-state index contributed by atoms with van der Waals surface area (Å²) >= 11 is 0. The summed E-state index contributed by atoms with van der Waals surface area (Å²) in [5.41, 5.74) is 1.49. The monoisotopic (exact) mass is 365 g/mol. The molecule has 2 aromatic carbocycles. The zero-order chi connectivity index (χ0) is 18.7. The van der Waals surface area contributed by atoms with E-state index in [9.17, 15) is 18.5 Å². The van der Waals surface area contributed by atoms with Gasteiger partial charge in [0.25, 0.3) is 15.6 Å². The van der Waals surface area contributed by atoms with Crippen LogP contribution in [0, 0.1) is 18.3 Å². The molecular formula is C19H15N3O3S. The zero-order valence-corrected chi connectivity index (χ0v) is 14.7. The Bertz CT molecular complexity index is 1160. The fourth-order valence-corrected chi connectivity index (χ4v) is 3.66. The molecule has 7 heteroatoms. The van der Waals surface area contributed by atoms with Gasteiger partial charge in [-0.2, -0.15) is 5.26 Å². The number of aromatic nitrogens is 1. The number of hydrogen-bond donors (Lipinski definition) is 2. The van der Waals surface area contributed by atoms with Crippen LogP contribution in [0.3, 0.4) is 0 Å². The second kappa shape index (κ2) is 6.86. The summed E-state index contributed by atoms with van der Waals surface area (Å²) in [5.74, 6) is 0. The van der Waals surface area contributed by atoms with Gasteiger partial charge in [-0.25, -0.2) is 8.42 Å². The number of H-pyrrole nitrogens is 1. The predicted molar refractivity (Wildman–Crippen MR) is 99.2 cm³/mol. The van der Waals surface area contributed by atoms with E-state index in [0.29, 0.717) is 22.5 Å². The largest absolute Gasteiger partial charge is 0.325 e. The van der Waals surface area contributed by atoms with E-state index in [4.69, 9.17) is 0 Å². The van der Waals surface area contributed by atoms with E-state index in [0.717, 1.165) is 0 Å². The van der Waals surface area contributed by atoms with Crippen molar-refractivity contribution < 1.29 is 8.42 Å². The molecule has 0 fully saturated rings. The lowest BCUT2D eigenvalue weighted by molar-refractivity contribution is 0.601. The summed E-state index contributed by atoms with van der Waals surface area (Å²) in [6.45, 7) is 1.72. The molecule has 0 aliphatic carbocycles. The van der Waals surface area contributed by atoms with Crippen molar-refractivity contribution in [1.82, 2.24) is 4.98 Å². The van der Waals surface area contributed by atoms with Gasteiger partial charge in [0.05, 0.1) is 4.90 Å². The molecule has 3 aromatic rings. The fraction of sp³-hybridized carbons (Fsp3) is 0.0526. The Kier molecular flexibility index (Phi) is 4.61. The van der Waals surface area contributed by atoms with Gasteiger partial charge in [0, 0.05) is 16.9 Å². The van der Waals surface area contributed by atoms with Crippen LogP contribution in [0.1, 0.15) is 11.3 Å². The minimum Gasteiger partial charge on any atom is -0.325 e. The quantitative estimate of drug-likeness (QED) is 0.742. The highest BCUT2D eigenvalue weighted by atomic mass is 32.2. The molecule has 3 rings (SSSR count). The molecule has 0 saturated heterocycles. The highest BCUT2D eigenvalue weighted by Gasteiger charge is 2.15. The van der Waals surface area contributed by atoms with Gasteiger partial charge in [-0.05, 0) is 42.8 Å². The molecule has 6 nitrogen and oxygen atoms in total. The van der Waals surface area contributed by atoms with Crippen molar-refractivity contribution in [2.45, 2.75) is 11.8 Å². The van der Waals surface area contributed by atoms with Crippen molar-refractivity contribution in [3.8, 4) is 17.2 Å². The van der Waals surface area contributed by atoms with Gasteiger partial charge in [-0.15, -0.1) is 0 Å². The van der Waals surface area contributed by atoms with Crippen LogP contribution in [0.25, 0.3) is 11.1 Å². The number of sulfonamides is 1. The Hall–Kier alpha value is -3.37. The third-order valence-electron chi connectivity index (χ3n) is 3.76. The minimum absolute atomic E-state index is 0.0151. The first-order chi connectivity index (χ1) is 12.4. The van der Waals surface area contributed by atoms with Crippen LogP contribution in [0.4, 0.5) is 5.69 Å². The van der Waals surface area contributed by atoms with E-state index in [1.807, 2.05) is 6.07 Å². The van der Waals surface area contributed by atoms with E-state index in [1.165, 1.54) is 12.1 Å². The molecule has 0 atom stereocenters. The van der Waals surface area contributed by atoms with E-state index >= 15 is 0 Å². The van der Waals surface area contributed by atoms with Gasteiger partial charge < -0.3 is 4.98 Å². The van der Waals surface area contributed by atoms with Crippen LogP contribution >= 0.6 is 0 Å². The van der Waals surface area contributed by atoms with E-state index in [-0.39, 0.29) is 10.5 Å². The summed E-state index contributed by atoms with van der Waals surface area (Å²) in [5, 5.41) is 9.27. The summed E-state index contributed by atoms with van der Waals surface area (Å²) in [6, 6.07) is 18.2. The summed E-state index contributed by atoms with van der Waals surface area (Å²) in [4.78, 5) is 14.7. The number of nitriles is 1. The van der Waals surface area contributed by atoms with Crippen LogP contribution in [-0.4, -0.2) is 13.4 Å². The van der Waals surface area contributed by atoms with Crippen LogP contribution in [0.5, 0.6) is 0 Å². The second-order valence-corrected chi connectivity index (χ2v) is 7.36. The number of hydrogen-bond acceptors (Lipinski definition) is 4. The first-order valence-corrected chi connectivity index (χ1v) is 9.21. The number of rotatable bonds is 4. The topological polar surface area (TPSA) is 103 Å².